The molecule has 0 radical (unpaired) electrons. The molecule has 0 aliphatic carbocycles. The van der Waals surface area contributed by atoms with Crippen LogP contribution in [0.15, 0.2) is 84.4 Å². The summed E-state index contributed by atoms with van der Waals surface area (Å²) in [5.41, 5.74) is 6.85. The van der Waals surface area contributed by atoms with Crippen molar-refractivity contribution in [1.29, 1.82) is 0 Å². The van der Waals surface area contributed by atoms with E-state index < -0.39 is 5.41 Å². The van der Waals surface area contributed by atoms with Crippen LogP contribution in [0.5, 0.6) is 0 Å². The normalized spacial score (nSPS) is 12.3. The molecule has 33 heavy (non-hydrogen) atoms. The monoisotopic (exact) mass is 455 g/mol. The van der Waals surface area contributed by atoms with E-state index in [2.05, 4.69) is 83.1 Å². The van der Waals surface area contributed by atoms with Crippen LogP contribution in [-0.2, 0) is 11.2 Å². The molecule has 1 amide bonds. The molecule has 1 atom stereocenters. The van der Waals surface area contributed by atoms with Gasteiger partial charge in [-0.3, -0.25) is 4.79 Å². The highest BCUT2D eigenvalue weighted by Gasteiger charge is 2.39. The Kier molecular flexibility index (Phi) is 6.99. The molecule has 0 aliphatic rings. The molecule has 1 heterocycles. The minimum Gasteiger partial charge on any atom is -0.300 e. The van der Waals surface area contributed by atoms with Gasteiger partial charge in [-0.05, 0) is 34.2 Å². The maximum absolute atomic E-state index is 13.3. The van der Waals surface area contributed by atoms with Crippen molar-refractivity contribution < 1.29 is 4.79 Å². The summed E-state index contributed by atoms with van der Waals surface area (Å²) in [5.74, 6) is -0.198. The number of aryl methyl sites for hydroxylation is 1. The topological polar surface area (TPSA) is 54.9 Å². The van der Waals surface area contributed by atoms with Crippen LogP contribution >= 0.6 is 11.3 Å². The molecule has 4 nitrogen and oxygen atoms in total. The van der Waals surface area contributed by atoms with E-state index in [-0.39, 0.29) is 11.8 Å². The Morgan fingerprint density at radius 3 is 2.09 bits per heavy atom. The minimum atomic E-state index is -0.712. The highest BCUT2D eigenvalue weighted by Crippen LogP contribution is 2.42. The van der Waals surface area contributed by atoms with E-state index in [0.29, 0.717) is 5.13 Å². The number of carbonyl (C=O) groups is 1. The SMILES string of the molecule is CCCc1ccc(-c2ccc(C(c3ccccc3)C(C)(C)C(=O)Nc3nncs3)cc2)cc1. The maximum atomic E-state index is 13.3. The molecular weight excluding hydrogens is 426 g/mol. The van der Waals surface area contributed by atoms with Crippen LogP contribution in [0.4, 0.5) is 5.13 Å². The number of carbonyl (C=O) groups excluding carboxylic acids is 1. The maximum Gasteiger partial charge on any atom is 0.232 e. The van der Waals surface area contributed by atoms with Crippen molar-refractivity contribution in [1.82, 2.24) is 10.2 Å². The summed E-state index contributed by atoms with van der Waals surface area (Å²) in [5, 5.41) is 11.3. The van der Waals surface area contributed by atoms with E-state index in [1.807, 2.05) is 32.0 Å². The molecule has 0 spiro atoms. The molecule has 0 saturated carbocycles. The lowest BCUT2D eigenvalue weighted by Crippen LogP contribution is -2.37. The third-order valence-electron chi connectivity index (χ3n) is 6.09. The number of nitrogens with one attached hydrogen (secondary N) is 1. The second-order valence-electron chi connectivity index (χ2n) is 8.83. The van der Waals surface area contributed by atoms with Crippen LogP contribution in [0.2, 0.25) is 0 Å². The lowest BCUT2D eigenvalue weighted by atomic mass is 9.70. The van der Waals surface area contributed by atoms with Crippen molar-refractivity contribution in [3.05, 3.63) is 101 Å². The molecule has 1 unspecified atom stereocenters. The molecule has 0 fully saturated rings. The first kappa shape index (κ1) is 22.9. The van der Waals surface area contributed by atoms with Gasteiger partial charge in [0.1, 0.15) is 5.51 Å². The average molecular weight is 456 g/mol. The van der Waals surface area contributed by atoms with Gasteiger partial charge in [0, 0.05) is 5.92 Å². The number of rotatable bonds is 8. The van der Waals surface area contributed by atoms with E-state index in [0.717, 1.165) is 24.0 Å². The van der Waals surface area contributed by atoms with Crippen LogP contribution in [-0.4, -0.2) is 16.1 Å². The van der Waals surface area contributed by atoms with Crippen molar-refractivity contribution in [3.8, 4) is 11.1 Å². The van der Waals surface area contributed by atoms with Crippen molar-refractivity contribution in [2.75, 3.05) is 5.32 Å². The predicted octanol–water partition coefficient (Wildman–Crippen LogP) is 6.95. The summed E-state index contributed by atoms with van der Waals surface area (Å²) in [6, 6.07) is 27.6. The van der Waals surface area contributed by atoms with Crippen LogP contribution < -0.4 is 5.32 Å². The van der Waals surface area contributed by atoms with E-state index in [4.69, 9.17) is 0 Å². The highest BCUT2D eigenvalue weighted by molar-refractivity contribution is 7.13. The number of hydrogen-bond donors (Lipinski definition) is 1. The molecule has 0 bridgehead atoms. The third kappa shape index (κ3) is 5.20. The summed E-state index contributed by atoms with van der Waals surface area (Å²) < 4.78 is 0. The second kappa shape index (κ2) is 10.1. The Bertz CT molecular complexity index is 1170. The summed E-state index contributed by atoms with van der Waals surface area (Å²) in [4.78, 5) is 13.3. The lowest BCUT2D eigenvalue weighted by Gasteiger charge is -2.33. The van der Waals surface area contributed by atoms with Gasteiger partial charge in [0.05, 0.1) is 5.41 Å². The first-order valence-corrected chi connectivity index (χ1v) is 12.2. The minimum absolute atomic E-state index is 0.0799. The first-order valence-electron chi connectivity index (χ1n) is 11.3. The average Bonchev–Trinajstić information content (AvgIpc) is 3.34. The van der Waals surface area contributed by atoms with Gasteiger partial charge in [-0.1, -0.05) is 117 Å². The van der Waals surface area contributed by atoms with Crippen LogP contribution in [0.25, 0.3) is 11.1 Å². The third-order valence-corrected chi connectivity index (χ3v) is 6.70. The fourth-order valence-corrected chi connectivity index (χ4v) is 4.75. The molecule has 0 saturated heterocycles. The standard InChI is InChI=1S/C28H29N3OS/c1-4-8-20-11-13-21(14-12-20)22-15-17-24(18-16-22)25(23-9-6-5-7-10-23)28(2,3)26(32)30-27-31-29-19-33-27/h5-7,9-19,25H,4,8H2,1-3H3,(H,30,31,32). The van der Waals surface area contributed by atoms with Crippen LogP contribution in [0.3, 0.4) is 0 Å². The molecule has 1 aromatic heterocycles. The van der Waals surface area contributed by atoms with Crippen molar-refractivity contribution >= 4 is 22.4 Å². The number of nitrogens with zero attached hydrogens (tertiary/aromatic N) is 2. The van der Waals surface area contributed by atoms with Crippen LogP contribution in [0, 0.1) is 5.41 Å². The van der Waals surface area contributed by atoms with Gasteiger partial charge in [0.15, 0.2) is 0 Å². The van der Waals surface area contributed by atoms with Gasteiger partial charge in [-0.2, -0.15) is 0 Å². The van der Waals surface area contributed by atoms with Gasteiger partial charge in [-0.25, -0.2) is 0 Å². The largest absolute Gasteiger partial charge is 0.300 e. The van der Waals surface area contributed by atoms with Gasteiger partial charge in [0.2, 0.25) is 11.0 Å². The number of aromatic nitrogens is 2. The number of anilines is 1. The lowest BCUT2D eigenvalue weighted by molar-refractivity contribution is -0.124. The van der Waals surface area contributed by atoms with Crippen molar-refractivity contribution in [2.24, 2.45) is 5.41 Å². The predicted molar refractivity (Wildman–Crippen MR) is 136 cm³/mol. The number of hydrogen-bond acceptors (Lipinski definition) is 4. The molecule has 5 heteroatoms. The molecule has 1 N–H and O–H groups in total. The first-order chi connectivity index (χ1) is 16.0. The Morgan fingerprint density at radius 2 is 1.52 bits per heavy atom. The van der Waals surface area contributed by atoms with Crippen molar-refractivity contribution in [2.45, 2.75) is 39.5 Å². The summed E-state index contributed by atoms with van der Waals surface area (Å²) >= 11 is 1.32. The number of amides is 1. The summed E-state index contributed by atoms with van der Waals surface area (Å²) in [6.07, 6.45) is 2.25. The second-order valence-corrected chi connectivity index (χ2v) is 9.67. The fourth-order valence-electron chi connectivity index (χ4n) is 4.31. The van der Waals surface area contributed by atoms with Crippen molar-refractivity contribution in [3.63, 3.8) is 0 Å². The van der Waals surface area contributed by atoms with E-state index >= 15 is 0 Å². The fraction of sp³-hybridized carbons (Fsp3) is 0.250. The molecule has 168 valence electrons. The Morgan fingerprint density at radius 1 is 0.909 bits per heavy atom. The molecule has 4 rings (SSSR count). The van der Waals surface area contributed by atoms with Gasteiger partial charge in [0.25, 0.3) is 0 Å². The molecule has 4 aromatic rings. The Balaban J connectivity index is 1.65. The Labute approximate surface area is 199 Å². The van der Waals surface area contributed by atoms with E-state index in [1.165, 1.54) is 28.0 Å². The smallest absolute Gasteiger partial charge is 0.232 e. The summed E-state index contributed by atoms with van der Waals surface area (Å²) in [6.45, 7) is 6.17. The van der Waals surface area contributed by atoms with Gasteiger partial charge < -0.3 is 5.32 Å². The van der Waals surface area contributed by atoms with E-state index in [9.17, 15) is 4.79 Å². The van der Waals surface area contributed by atoms with Gasteiger partial charge in [-0.15, -0.1) is 10.2 Å². The molecule has 0 aliphatic heterocycles. The zero-order chi connectivity index (χ0) is 23.3. The quantitative estimate of drug-likeness (QED) is 0.313. The zero-order valence-electron chi connectivity index (χ0n) is 19.3. The highest BCUT2D eigenvalue weighted by atomic mass is 32.1. The Hall–Kier alpha value is -3.31. The summed E-state index contributed by atoms with van der Waals surface area (Å²) in [7, 11) is 0. The zero-order valence-corrected chi connectivity index (χ0v) is 20.1. The van der Waals surface area contributed by atoms with Gasteiger partial charge >= 0.3 is 0 Å². The molecule has 3 aromatic carbocycles. The van der Waals surface area contributed by atoms with E-state index in [1.54, 1.807) is 5.51 Å². The number of benzene rings is 3. The molecular formula is C28H29N3OS. The van der Waals surface area contributed by atoms with Crippen LogP contribution in [0.1, 0.15) is 49.8 Å².